The Morgan fingerprint density at radius 1 is 1.07 bits per heavy atom. The molecule has 1 aliphatic rings. The van der Waals surface area contributed by atoms with Crippen molar-refractivity contribution in [2.24, 2.45) is 0 Å². The number of hydrogen-bond donors (Lipinski definition) is 2. The molecule has 0 radical (unpaired) electrons. The van der Waals surface area contributed by atoms with Crippen molar-refractivity contribution in [2.45, 2.75) is 57.0 Å². The van der Waals surface area contributed by atoms with Crippen LogP contribution in [0.5, 0.6) is 0 Å². The second-order valence-electron chi connectivity index (χ2n) is 7.95. The van der Waals surface area contributed by atoms with Gasteiger partial charge in [-0.25, -0.2) is 18.1 Å². The lowest BCUT2D eigenvalue weighted by Crippen LogP contribution is -2.30. The SMILES string of the molecule is CC(C)NS(=O)(=O)c1ccc(C(=O)Nc2ccc3c(c2)nc2n3CCCCC2)cc1. The predicted octanol–water partition coefficient (Wildman–Crippen LogP) is 3.70. The van der Waals surface area contributed by atoms with Crippen molar-refractivity contribution in [3.8, 4) is 0 Å². The molecule has 2 N–H and O–H groups in total. The average Bonchev–Trinajstić information content (AvgIpc) is 2.87. The molecule has 7 nitrogen and oxygen atoms in total. The number of aryl methyl sites for hydroxylation is 2. The van der Waals surface area contributed by atoms with E-state index in [0.29, 0.717) is 11.3 Å². The van der Waals surface area contributed by atoms with Gasteiger partial charge in [0.25, 0.3) is 5.91 Å². The van der Waals surface area contributed by atoms with Crippen molar-refractivity contribution in [3.05, 3.63) is 53.9 Å². The number of nitrogens with zero attached hydrogens (tertiary/aromatic N) is 2. The van der Waals surface area contributed by atoms with E-state index in [1.807, 2.05) is 18.2 Å². The number of carbonyl (C=O) groups excluding carboxylic acids is 1. The van der Waals surface area contributed by atoms with E-state index in [0.717, 1.165) is 42.7 Å². The largest absolute Gasteiger partial charge is 0.328 e. The summed E-state index contributed by atoms with van der Waals surface area (Å²) >= 11 is 0. The Morgan fingerprint density at radius 2 is 1.83 bits per heavy atom. The first kappa shape index (κ1) is 20.6. The Bertz CT molecular complexity index is 1180. The van der Waals surface area contributed by atoms with Crippen LogP contribution in [0.1, 0.15) is 49.3 Å². The Labute approximate surface area is 176 Å². The number of aromatic nitrogens is 2. The summed E-state index contributed by atoms with van der Waals surface area (Å²) in [5.41, 5.74) is 3.03. The first-order valence-electron chi connectivity index (χ1n) is 10.3. The monoisotopic (exact) mass is 426 g/mol. The first-order chi connectivity index (χ1) is 14.3. The minimum Gasteiger partial charge on any atom is -0.328 e. The third-order valence-corrected chi connectivity index (χ3v) is 6.86. The van der Waals surface area contributed by atoms with Crippen molar-refractivity contribution >= 4 is 32.7 Å². The molecular formula is C22H26N4O3S. The third-order valence-electron chi connectivity index (χ3n) is 5.18. The van der Waals surface area contributed by atoms with E-state index in [1.54, 1.807) is 13.8 Å². The van der Waals surface area contributed by atoms with Gasteiger partial charge in [0, 0.05) is 30.3 Å². The molecule has 0 atom stereocenters. The fraction of sp³-hybridized carbons (Fsp3) is 0.364. The third kappa shape index (κ3) is 4.24. The molecule has 2 aromatic carbocycles. The maximum absolute atomic E-state index is 12.6. The zero-order valence-corrected chi connectivity index (χ0v) is 18.0. The quantitative estimate of drug-likeness (QED) is 0.651. The normalized spacial score (nSPS) is 14.5. The van der Waals surface area contributed by atoms with Gasteiger partial charge < -0.3 is 9.88 Å². The van der Waals surface area contributed by atoms with Gasteiger partial charge in [-0.1, -0.05) is 6.42 Å². The summed E-state index contributed by atoms with van der Waals surface area (Å²) in [5.74, 6) is 0.814. The number of imidazole rings is 1. The van der Waals surface area contributed by atoms with Crippen LogP contribution in [0.3, 0.4) is 0 Å². The Balaban J connectivity index is 1.51. The molecule has 0 spiro atoms. The highest BCUT2D eigenvalue weighted by molar-refractivity contribution is 7.89. The summed E-state index contributed by atoms with van der Waals surface area (Å²) in [5, 5.41) is 2.88. The number of fused-ring (bicyclic) bond motifs is 3. The van der Waals surface area contributed by atoms with E-state index < -0.39 is 10.0 Å². The highest BCUT2D eigenvalue weighted by Gasteiger charge is 2.17. The standard InChI is InChI=1S/C22H26N4O3S/c1-15(2)25-30(28,29)18-10-7-16(8-11-18)22(27)23-17-9-12-20-19(14-17)24-21-6-4-3-5-13-26(20)21/h7-12,14-15,25H,3-6,13H2,1-2H3,(H,23,27). The zero-order chi connectivity index (χ0) is 21.3. The molecule has 158 valence electrons. The molecule has 0 saturated carbocycles. The smallest absolute Gasteiger partial charge is 0.255 e. The fourth-order valence-electron chi connectivity index (χ4n) is 3.79. The van der Waals surface area contributed by atoms with E-state index in [-0.39, 0.29) is 16.8 Å². The van der Waals surface area contributed by atoms with Crippen LogP contribution in [-0.4, -0.2) is 29.9 Å². The fourth-order valence-corrected chi connectivity index (χ4v) is 5.05. The number of carbonyl (C=O) groups is 1. The molecule has 0 saturated heterocycles. The number of benzene rings is 2. The predicted molar refractivity (Wildman–Crippen MR) is 117 cm³/mol. The number of hydrogen-bond acceptors (Lipinski definition) is 4. The summed E-state index contributed by atoms with van der Waals surface area (Å²) in [4.78, 5) is 17.5. The van der Waals surface area contributed by atoms with Crippen molar-refractivity contribution in [1.29, 1.82) is 0 Å². The van der Waals surface area contributed by atoms with Crippen LogP contribution in [0.4, 0.5) is 5.69 Å². The Hall–Kier alpha value is -2.71. The molecule has 8 heteroatoms. The average molecular weight is 427 g/mol. The maximum atomic E-state index is 12.6. The molecule has 1 amide bonds. The molecule has 30 heavy (non-hydrogen) atoms. The highest BCUT2D eigenvalue weighted by Crippen LogP contribution is 2.25. The van der Waals surface area contributed by atoms with Gasteiger partial charge in [-0.2, -0.15) is 0 Å². The molecule has 3 aromatic rings. The lowest BCUT2D eigenvalue weighted by Gasteiger charge is -2.10. The number of rotatable bonds is 5. The van der Waals surface area contributed by atoms with E-state index in [4.69, 9.17) is 4.98 Å². The van der Waals surface area contributed by atoms with Gasteiger partial charge in [0.05, 0.1) is 15.9 Å². The molecule has 0 unspecified atom stereocenters. The molecular weight excluding hydrogens is 400 g/mol. The van der Waals surface area contributed by atoms with Gasteiger partial charge in [-0.3, -0.25) is 4.79 Å². The van der Waals surface area contributed by atoms with Gasteiger partial charge in [-0.15, -0.1) is 0 Å². The van der Waals surface area contributed by atoms with Crippen LogP contribution in [0.15, 0.2) is 47.4 Å². The summed E-state index contributed by atoms with van der Waals surface area (Å²) in [6.45, 7) is 4.50. The lowest BCUT2D eigenvalue weighted by atomic mass is 10.2. The lowest BCUT2D eigenvalue weighted by molar-refractivity contribution is 0.102. The van der Waals surface area contributed by atoms with Crippen LogP contribution in [-0.2, 0) is 23.0 Å². The van der Waals surface area contributed by atoms with Gasteiger partial charge in [0.15, 0.2) is 0 Å². The molecule has 0 bridgehead atoms. The van der Waals surface area contributed by atoms with Crippen LogP contribution in [0.25, 0.3) is 11.0 Å². The van der Waals surface area contributed by atoms with Gasteiger partial charge in [-0.05, 0) is 69.2 Å². The zero-order valence-electron chi connectivity index (χ0n) is 17.2. The Morgan fingerprint density at radius 3 is 2.57 bits per heavy atom. The van der Waals surface area contributed by atoms with Crippen molar-refractivity contribution < 1.29 is 13.2 Å². The van der Waals surface area contributed by atoms with Gasteiger partial charge >= 0.3 is 0 Å². The van der Waals surface area contributed by atoms with Crippen LogP contribution < -0.4 is 10.0 Å². The second-order valence-corrected chi connectivity index (χ2v) is 9.66. The molecule has 2 heterocycles. The summed E-state index contributed by atoms with van der Waals surface area (Å²) in [6, 6.07) is 11.5. The van der Waals surface area contributed by atoms with E-state index in [9.17, 15) is 13.2 Å². The minimum absolute atomic E-state index is 0.133. The molecule has 0 aliphatic carbocycles. The highest BCUT2D eigenvalue weighted by atomic mass is 32.2. The van der Waals surface area contributed by atoms with Crippen LogP contribution >= 0.6 is 0 Å². The van der Waals surface area contributed by atoms with Crippen LogP contribution in [0.2, 0.25) is 0 Å². The van der Waals surface area contributed by atoms with Crippen molar-refractivity contribution in [3.63, 3.8) is 0 Å². The van der Waals surface area contributed by atoms with Crippen LogP contribution in [0, 0.1) is 0 Å². The first-order valence-corrected chi connectivity index (χ1v) is 11.7. The molecule has 1 aliphatic heterocycles. The number of sulfonamides is 1. The topological polar surface area (TPSA) is 93.1 Å². The Kier molecular flexibility index (Phi) is 5.62. The molecule has 1 aromatic heterocycles. The molecule has 0 fully saturated rings. The maximum Gasteiger partial charge on any atom is 0.255 e. The minimum atomic E-state index is -3.58. The van der Waals surface area contributed by atoms with E-state index >= 15 is 0 Å². The number of amides is 1. The summed E-state index contributed by atoms with van der Waals surface area (Å²) in [6.07, 6.45) is 4.53. The van der Waals surface area contributed by atoms with E-state index in [1.165, 1.54) is 30.7 Å². The number of anilines is 1. The van der Waals surface area contributed by atoms with Crippen molar-refractivity contribution in [1.82, 2.24) is 14.3 Å². The van der Waals surface area contributed by atoms with Gasteiger partial charge in [0.1, 0.15) is 5.82 Å². The van der Waals surface area contributed by atoms with E-state index in [2.05, 4.69) is 14.6 Å². The van der Waals surface area contributed by atoms with Gasteiger partial charge in [0.2, 0.25) is 10.0 Å². The summed E-state index contributed by atoms with van der Waals surface area (Å²) in [7, 11) is -3.58. The number of nitrogens with one attached hydrogen (secondary N) is 2. The second kappa shape index (κ2) is 8.20. The molecule has 4 rings (SSSR count). The summed E-state index contributed by atoms with van der Waals surface area (Å²) < 4.78 is 29.3. The van der Waals surface area contributed by atoms with Crippen molar-refractivity contribution in [2.75, 3.05) is 5.32 Å².